The first-order chi connectivity index (χ1) is 7.79. The van der Waals surface area contributed by atoms with Crippen molar-refractivity contribution in [1.82, 2.24) is 15.1 Å². The normalized spacial score (nSPS) is 20.9. The molecule has 0 saturated carbocycles. The first-order valence-electron chi connectivity index (χ1n) is 6.27. The molecule has 4 heteroatoms. The van der Waals surface area contributed by atoms with E-state index >= 15 is 0 Å². The summed E-state index contributed by atoms with van der Waals surface area (Å²) in [6.07, 6.45) is 6.37. The fraction of sp³-hybridized carbons (Fsp3) is 0.750. The predicted molar refractivity (Wildman–Crippen MR) is 66.5 cm³/mol. The zero-order chi connectivity index (χ0) is 11.4. The van der Waals surface area contributed by atoms with Gasteiger partial charge in [-0.1, -0.05) is 6.92 Å². The lowest BCUT2D eigenvalue weighted by atomic mass is 9.90. The summed E-state index contributed by atoms with van der Waals surface area (Å²) in [6, 6.07) is 0.539. The SMILES string of the molecule is CCN1CCC(C(C)Nc2cn[nH]c2)CC1. The first-order valence-corrected chi connectivity index (χ1v) is 6.27. The van der Waals surface area contributed by atoms with Crippen molar-refractivity contribution in [2.24, 2.45) is 5.92 Å². The van der Waals surface area contributed by atoms with Crippen molar-refractivity contribution in [1.29, 1.82) is 0 Å². The Labute approximate surface area is 97.4 Å². The van der Waals surface area contributed by atoms with Crippen molar-refractivity contribution in [3.8, 4) is 0 Å². The van der Waals surface area contributed by atoms with E-state index in [0.717, 1.165) is 11.6 Å². The van der Waals surface area contributed by atoms with Crippen LogP contribution in [0, 0.1) is 5.92 Å². The maximum atomic E-state index is 3.95. The summed E-state index contributed by atoms with van der Waals surface area (Å²) in [5.74, 6) is 0.790. The van der Waals surface area contributed by atoms with Gasteiger partial charge in [0.1, 0.15) is 0 Å². The van der Waals surface area contributed by atoms with Crippen LogP contribution in [0.1, 0.15) is 26.7 Å². The van der Waals surface area contributed by atoms with E-state index in [1.807, 2.05) is 12.4 Å². The average Bonchev–Trinajstić information content (AvgIpc) is 2.82. The average molecular weight is 222 g/mol. The van der Waals surface area contributed by atoms with Crippen molar-refractivity contribution in [2.75, 3.05) is 25.0 Å². The van der Waals surface area contributed by atoms with E-state index in [1.165, 1.54) is 32.5 Å². The van der Waals surface area contributed by atoms with E-state index in [4.69, 9.17) is 0 Å². The van der Waals surface area contributed by atoms with Crippen molar-refractivity contribution >= 4 is 5.69 Å². The number of H-pyrrole nitrogens is 1. The molecule has 1 fully saturated rings. The Kier molecular flexibility index (Phi) is 3.83. The lowest BCUT2D eigenvalue weighted by Crippen LogP contribution is -2.39. The van der Waals surface area contributed by atoms with Gasteiger partial charge in [0.05, 0.1) is 11.9 Å². The van der Waals surface area contributed by atoms with Crippen molar-refractivity contribution in [3.63, 3.8) is 0 Å². The molecule has 1 unspecified atom stereocenters. The lowest BCUT2D eigenvalue weighted by molar-refractivity contribution is 0.183. The highest BCUT2D eigenvalue weighted by molar-refractivity contribution is 5.38. The topological polar surface area (TPSA) is 44.0 Å². The highest BCUT2D eigenvalue weighted by atomic mass is 15.1. The number of nitrogens with zero attached hydrogens (tertiary/aromatic N) is 2. The molecule has 2 rings (SSSR count). The lowest BCUT2D eigenvalue weighted by Gasteiger charge is -2.34. The number of rotatable bonds is 4. The van der Waals surface area contributed by atoms with Crippen LogP contribution in [0.5, 0.6) is 0 Å². The Hall–Kier alpha value is -1.03. The van der Waals surface area contributed by atoms with Crippen molar-refractivity contribution < 1.29 is 0 Å². The molecule has 1 saturated heterocycles. The molecule has 1 aromatic rings. The van der Waals surface area contributed by atoms with E-state index in [0.29, 0.717) is 6.04 Å². The zero-order valence-corrected chi connectivity index (χ0v) is 10.2. The summed E-state index contributed by atoms with van der Waals surface area (Å²) >= 11 is 0. The quantitative estimate of drug-likeness (QED) is 0.818. The molecule has 2 heterocycles. The van der Waals surface area contributed by atoms with Gasteiger partial charge in [-0.15, -0.1) is 0 Å². The number of anilines is 1. The van der Waals surface area contributed by atoms with Crippen LogP contribution in [0.25, 0.3) is 0 Å². The Morgan fingerprint density at radius 1 is 1.56 bits per heavy atom. The third-order valence-corrected chi connectivity index (χ3v) is 3.68. The molecule has 0 aliphatic carbocycles. The molecule has 0 bridgehead atoms. The molecule has 0 spiro atoms. The van der Waals surface area contributed by atoms with E-state index in [9.17, 15) is 0 Å². The molecule has 4 nitrogen and oxygen atoms in total. The van der Waals surface area contributed by atoms with Crippen LogP contribution in [0.3, 0.4) is 0 Å². The molecule has 1 aliphatic rings. The van der Waals surface area contributed by atoms with E-state index in [1.54, 1.807) is 0 Å². The number of aromatic nitrogens is 2. The van der Waals surface area contributed by atoms with Gasteiger partial charge in [0.2, 0.25) is 0 Å². The maximum Gasteiger partial charge on any atom is 0.0725 e. The third kappa shape index (κ3) is 2.76. The first kappa shape index (κ1) is 11.5. The number of hydrogen-bond donors (Lipinski definition) is 2. The minimum absolute atomic E-state index is 0.539. The Morgan fingerprint density at radius 2 is 2.31 bits per heavy atom. The van der Waals surface area contributed by atoms with Gasteiger partial charge < -0.3 is 10.2 Å². The second kappa shape index (κ2) is 5.34. The van der Waals surface area contributed by atoms with Gasteiger partial charge in [-0.3, -0.25) is 5.10 Å². The fourth-order valence-electron chi connectivity index (χ4n) is 2.48. The number of nitrogens with one attached hydrogen (secondary N) is 2. The molecule has 16 heavy (non-hydrogen) atoms. The van der Waals surface area contributed by atoms with Gasteiger partial charge in [-0.25, -0.2) is 0 Å². The number of hydrogen-bond acceptors (Lipinski definition) is 3. The molecule has 1 aromatic heterocycles. The molecule has 1 aliphatic heterocycles. The molecule has 0 amide bonds. The highest BCUT2D eigenvalue weighted by Gasteiger charge is 2.22. The standard InChI is InChI=1S/C12H22N4/c1-3-16-6-4-11(5-7-16)10(2)15-12-8-13-14-9-12/h8-11,15H,3-7H2,1-2H3,(H,13,14). The van der Waals surface area contributed by atoms with Gasteiger partial charge in [-0.05, 0) is 45.3 Å². The molecular weight excluding hydrogens is 200 g/mol. The summed E-state index contributed by atoms with van der Waals surface area (Å²) in [5, 5.41) is 10.3. The third-order valence-electron chi connectivity index (χ3n) is 3.68. The maximum absolute atomic E-state index is 3.95. The van der Waals surface area contributed by atoms with Crippen molar-refractivity contribution in [2.45, 2.75) is 32.7 Å². The van der Waals surface area contributed by atoms with Crippen LogP contribution < -0.4 is 5.32 Å². The Bertz CT molecular complexity index is 288. The van der Waals surface area contributed by atoms with Gasteiger partial charge in [-0.2, -0.15) is 5.10 Å². The smallest absolute Gasteiger partial charge is 0.0725 e. The van der Waals surface area contributed by atoms with E-state index < -0.39 is 0 Å². The second-order valence-corrected chi connectivity index (χ2v) is 4.69. The van der Waals surface area contributed by atoms with E-state index in [2.05, 4.69) is 34.3 Å². The fourth-order valence-corrected chi connectivity index (χ4v) is 2.48. The summed E-state index contributed by atoms with van der Waals surface area (Å²) in [5.41, 5.74) is 1.10. The van der Waals surface area contributed by atoms with Gasteiger partial charge in [0.25, 0.3) is 0 Å². The monoisotopic (exact) mass is 222 g/mol. The highest BCUT2D eigenvalue weighted by Crippen LogP contribution is 2.22. The van der Waals surface area contributed by atoms with Crippen LogP contribution in [0.15, 0.2) is 12.4 Å². The van der Waals surface area contributed by atoms with Gasteiger partial charge in [0.15, 0.2) is 0 Å². The second-order valence-electron chi connectivity index (χ2n) is 4.69. The number of piperidine rings is 1. The molecular formula is C12H22N4. The molecule has 90 valence electrons. The summed E-state index contributed by atoms with van der Waals surface area (Å²) in [6.45, 7) is 8.21. The molecule has 2 N–H and O–H groups in total. The van der Waals surface area contributed by atoms with E-state index in [-0.39, 0.29) is 0 Å². The van der Waals surface area contributed by atoms with Crippen LogP contribution in [0.2, 0.25) is 0 Å². The van der Waals surface area contributed by atoms with Crippen molar-refractivity contribution in [3.05, 3.63) is 12.4 Å². The van der Waals surface area contributed by atoms with Gasteiger partial charge >= 0.3 is 0 Å². The number of aromatic amines is 1. The Balaban J connectivity index is 1.80. The summed E-state index contributed by atoms with van der Waals surface area (Å²) in [7, 11) is 0. The minimum Gasteiger partial charge on any atom is -0.380 e. The van der Waals surface area contributed by atoms with Crippen LogP contribution >= 0.6 is 0 Å². The number of likely N-dealkylation sites (tertiary alicyclic amines) is 1. The molecule has 0 radical (unpaired) electrons. The largest absolute Gasteiger partial charge is 0.380 e. The summed E-state index contributed by atoms with van der Waals surface area (Å²) < 4.78 is 0. The predicted octanol–water partition coefficient (Wildman–Crippen LogP) is 1.94. The zero-order valence-electron chi connectivity index (χ0n) is 10.2. The van der Waals surface area contributed by atoms with Crippen LogP contribution in [-0.4, -0.2) is 40.8 Å². The Morgan fingerprint density at radius 3 is 2.88 bits per heavy atom. The van der Waals surface area contributed by atoms with Gasteiger partial charge in [0, 0.05) is 12.2 Å². The molecule has 0 aromatic carbocycles. The molecule has 1 atom stereocenters. The minimum atomic E-state index is 0.539. The van der Waals surface area contributed by atoms with Crippen LogP contribution in [-0.2, 0) is 0 Å². The summed E-state index contributed by atoms with van der Waals surface area (Å²) in [4.78, 5) is 2.53. The van der Waals surface area contributed by atoms with Crippen LogP contribution in [0.4, 0.5) is 5.69 Å².